The maximum Gasteiger partial charge on any atom is 0.261 e. The summed E-state index contributed by atoms with van der Waals surface area (Å²) in [6.07, 6.45) is 2.90. The van der Waals surface area contributed by atoms with Crippen molar-refractivity contribution >= 4 is 43.0 Å². The second-order valence-electron chi connectivity index (χ2n) is 6.95. The Morgan fingerprint density at radius 1 is 1.03 bits per heavy atom. The predicted octanol–water partition coefficient (Wildman–Crippen LogP) is 3.84. The first kappa shape index (κ1) is 21.4. The molecule has 0 spiro atoms. The Morgan fingerprint density at radius 2 is 1.71 bits per heavy atom. The van der Waals surface area contributed by atoms with E-state index in [4.69, 9.17) is 16.0 Å². The molecule has 31 heavy (non-hydrogen) atoms. The van der Waals surface area contributed by atoms with E-state index >= 15 is 0 Å². The van der Waals surface area contributed by atoms with Crippen molar-refractivity contribution in [2.45, 2.75) is 17.4 Å². The summed E-state index contributed by atoms with van der Waals surface area (Å²) < 4.78 is 58.3. The molecule has 4 rings (SSSR count). The number of furan rings is 1. The molecule has 0 aliphatic carbocycles. The van der Waals surface area contributed by atoms with Crippen molar-refractivity contribution in [2.75, 3.05) is 11.0 Å². The van der Waals surface area contributed by atoms with Crippen LogP contribution >= 0.6 is 11.6 Å². The third-order valence-corrected chi connectivity index (χ3v) is 7.34. The monoisotopic (exact) mass is 479 g/mol. The second kappa shape index (κ2) is 8.03. The number of hydrogen-bond donors (Lipinski definition) is 1. The molecule has 0 amide bonds. The summed E-state index contributed by atoms with van der Waals surface area (Å²) in [5, 5.41) is 4.72. The molecular weight excluding hydrogens is 462 g/mol. The van der Waals surface area contributed by atoms with Crippen molar-refractivity contribution in [3.63, 3.8) is 0 Å². The van der Waals surface area contributed by atoms with Crippen molar-refractivity contribution < 1.29 is 21.3 Å². The first-order valence-electron chi connectivity index (χ1n) is 9.12. The van der Waals surface area contributed by atoms with Gasteiger partial charge in [-0.25, -0.2) is 16.8 Å². The van der Waals surface area contributed by atoms with E-state index < -0.39 is 26.1 Å². The zero-order valence-corrected chi connectivity index (χ0v) is 18.7. The van der Waals surface area contributed by atoms with Crippen LogP contribution in [0.5, 0.6) is 0 Å². The van der Waals surface area contributed by atoms with Crippen LogP contribution in [0.2, 0.25) is 5.02 Å². The Labute approximate surface area is 185 Å². The Kier molecular flexibility index (Phi) is 5.54. The highest BCUT2D eigenvalue weighted by atomic mass is 35.5. The van der Waals surface area contributed by atoms with Gasteiger partial charge in [0.25, 0.3) is 10.0 Å². The summed E-state index contributed by atoms with van der Waals surface area (Å²) in [6.45, 7) is 0. The van der Waals surface area contributed by atoms with Crippen LogP contribution in [0.15, 0.2) is 81.3 Å². The van der Waals surface area contributed by atoms with E-state index in [0.29, 0.717) is 34.2 Å². The molecule has 0 bridgehead atoms. The van der Waals surface area contributed by atoms with Gasteiger partial charge < -0.3 is 4.42 Å². The van der Waals surface area contributed by atoms with Gasteiger partial charge in [-0.05, 0) is 54.1 Å². The molecular formula is C20H18ClN3O5S2. The van der Waals surface area contributed by atoms with Crippen molar-refractivity contribution in [2.24, 2.45) is 5.10 Å². The maximum absolute atomic E-state index is 12.5. The highest BCUT2D eigenvalue weighted by molar-refractivity contribution is 7.92. The zero-order valence-electron chi connectivity index (χ0n) is 16.3. The lowest BCUT2D eigenvalue weighted by molar-refractivity contribution is 0.322. The highest BCUT2D eigenvalue weighted by Gasteiger charge is 2.36. The van der Waals surface area contributed by atoms with Crippen molar-refractivity contribution in [3.8, 4) is 0 Å². The molecule has 1 unspecified atom stereocenters. The fraction of sp³-hybridized carbons (Fsp3) is 0.150. The van der Waals surface area contributed by atoms with Crippen LogP contribution < -0.4 is 4.72 Å². The zero-order chi connectivity index (χ0) is 22.2. The molecule has 3 aromatic rings. The Bertz CT molecular complexity index is 1320. The number of sulfonamides is 2. The molecule has 1 atom stereocenters. The number of anilines is 1. The van der Waals surface area contributed by atoms with Gasteiger partial charge >= 0.3 is 0 Å². The van der Waals surface area contributed by atoms with Crippen molar-refractivity contribution in [1.82, 2.24) is 4.41 Å². The van der Waals surface area contributed by atoms with Gasteiger partial charge in [0, 0.05) is 17.1 Å². The predicted molar refractivity (Wildman–Crippen MR) is 118 cm³/mol. The Morgan fingerprint density at radius 3 is 2.29 bits per heavy atom. The maximum atomic E-state index is 12.5. The van der Waals surface area contributed by atoms with Gasteiger partial charge in [-0.2, -0.15) is 9.52 Å². The van der Waals surface area contributed by atoms with Crippen LogP contribution in [-0.2, 0) is 20.0 Å². The van der Waals surface area contributed by atoms with Gasteiger partial charge in [0.05, 0.1) is 23.1 Å². The molecule has 1 N–H and O–H groups in total. The second-order valence-corrected chi connectivity index (χ2v) is 10.9. The van der Waals surface area contributed by atoms with E-state index in [-0.39, 0.29) is 4.90 Å². The molecule has 0 fully saturated rings. The molecule has 1 aliphatic rings. The molecule has 1 aliphatic heterocycles. The number of hydrazone groups is 1. The fourth-order valence-corrected chi connectivity index (χ4v) is 5.29. The molecule has 0 saturated carbocycles. The molecule has 11 heteroatoms. The van der Waals surface area contributed by atoms with Crippen LogP contribution in [0.3, 0.4) is 0 Å². The molecule has 1 aromatic heterocycles. The van der Waals surface area contributed by atoms with Gasteiger partial charge in [0.1, 0.15) is 11.8 Å². The van der Waals surface area contributed by atoms with E-state index in [1.54, 1.807) is 36.4 Å². The van der Waals surface area contributed by atoms with Crippen LogP contribution in [0, 0.1) is 0 Å². The van der Waals surface area contributed by atoms with Gasteiger partial charge in [-0.1, -0.05) is 23.7 Å². The van der Waals surface area contributed by atoms with Crippen LogP contribution in [0.25, 0.3) is 0 Å². The minimum absolute atomic E-state index is 0.0891. The van der Waals surface area contributed by atoms with Crippen LogP contribution in [0.1, 0.15) is 23.8 Å². The number of nitrogens with one attached hydrogen (secondary N) is 1. The molecule has 2 heterocycles. The van der Waals surface area contributed by atoms with E-state index in [1.165, 1.54) is 30.5 Å². The van der Waals surface area contributed by atoms with Crippen molar-refractivity contribution in [3.05, 3.63) is 83.3 Å². The minimum Gasteiger partial charge on any atom is -0.467 e. The largest absolute Gasteiger partial charge is 0.467 e. The standard InChI is InChI=1S/C20H18ClN3O5S2/c1-30(25,26)24-19(20-3-2-12-29-20)13-18(22-24)14-4-8-16(9-5-14)23-31(27,28)17-10-6-15(21)7-11-17/h2-12,19,23H,13H2,1H3. The Hall–Kier alpha value is -2.82. The summed E-state index contributed by atoms with van der Waals surface area (Å²) in [7, 11) is -7.37. The smallest absolute Gasteiger partial charge is 0.261 e. The lowest BCUT2D eigenvalue weighted by atomic mass is 10.0. The summed E-state index contributed by atoms with van der Waals surface area (Å²) in [5.74, 6) is 0.497. The average molecular weight is 480 g/mol. The van der Waals surface area contributed by atoms with E-state index in [9.17, 15) is 16.8 Å². The average Bonchev–Trinajstić information content (AvgIpc) is 3.38. The third-order valence-electron chi connectivity index (χ3n) is 4.68. The van der Waals surface area contributed by atoms with Gasteiger partial charge in [0.15, 0.2) is 0 Å². The lowest BCUT2D eigenvalue weighted by Crippen LogP contribution is -2.25. The summed E-state index contributed by atoms with van der Waals surface area (Å²) in [6, 6.07) is 15.2. The minimum atomic E-state index is -3.77. The molecule has 2 aromatic carbocycles. The highest BCUT2D eigenvalue weighted by Crippen LogP contribution is 2.35. The topological polar surface area (TPSA) is 109 Å². The van der Waals surface area contributed by atoms with Gasteiger partial charge in [-0.15, -0.1) is 0 Å². The number of halogens is 1. The van der Waals surface area contributed by atoms with E-state index in [1.807, 2.05) is 0 Å². The summed E-state index contributed by atoms with van der Waals surface area (Å²) in [4.78, 5) is 0.0891. The van der Waals surface area contributed by atoms with Crippen molar-refractivity contribution in [1.29, 1.82) is 0 Å². The van der Waals surface area contributed by atoms with Crippen LogP contribution in [0.4, 0.5) is 5.69 Å². The quantitative estimate of drug-likeness (QED) is 0.577. The molecule has 162 valence electrons. The molecule has 0 radical (unpaired) electrons. The first-order chi connectivity index (χ1) is 14.6. The Balaban J connectivity index is 1.56. The van der Waals surface area contributed by atoms with E-state index in [2.05, 4.69) is 9.82 Å². The van der Waals surface area contributed by atoms with Gasteiger partial charge in [0.2, 0.25) is 10.0 Å². The summed E-state index contributed by atoms with van der Waals surface area (Å²) in [5.41, 5.74) is 1.59. The van der Waals surface area contributed by atoms with Gasteiger partial charge in [-0.3, -0.25) is 4.72 Å². The fourth-order valence-electron chi connectivity index (χ4n) is 3.22. The number of benzene rings is 2. The van der Waals surface area contributed by atoms with Crippen LogP contribution in [-0.4, -0.2) is 33.2 Å². The first-order valence-corrected chi connectivity index (χ1v) is 12.8. The normalized spacial score (nSPS) is 16.9. The SMILES string of the molecule is CS(=O)(=O)N1N=C(c2ccc(NS(=O)(=O)c3ccc(Cl)cc3)cc2)CC1c1ccco1. The third kappa shape index (κ3) is 4.60. The number of hydrogen-bond acceptors (Lipinski definition) is 6. The molecule has 0 saturated heterocycles. The molecule has 8 nitrogen and oxygen atoms in total. The number of nitrogens with zero attached hydrogens (tertiary/aromatic N) is 2. The lowest BCUT2D eigenvalue weighted by Gasteiger charge is -2.18. The van der Waals surface area contributed by atoms with E-state index in [0.717, 1.165) is 10.7 Å². The summed E-state index contributed by atoms with van der Waals surface area (Å²) >= 11 is 5.81. The number of rotatable bonds is 6.